The van der Waals surface area contributed by atoms with Crippen molar-refractivity contribution in [1.29, 1.82) is 5.26 Å². The Morgan fingerprint density at radius 3 is 1.29 bits per heavy atom. The first-order valence-corrected chi connectivity index (χ1v) is 6.73. The van der Waals surface area contributed by atoms with Crippen molar-refractivity contribution in [2.24, 2.45) is 0 Å². The summed E-state index contributed by atoms with van der Waals surface area (Å²) >= 11 is 0. The van der Waals surface area contributed by atoms with E-state index >= 15 is 0 Å². The molecule has 3 rings (SSSR count). The second kappa shape index (κ2) is 5.69. The zero-order chi connectivity index (χ0) is 14.7. The molecule has 0 spiro atoms. The highest BCUT2D eigenvalue weighted by Crippen LogP contribution is 2.24. The zero-order valence-corrected chi connectivity index (χ0v) is 11.5. The summed E-state index contributed by atoms with van der Waals surface area (Å²) in [6, 6.07) is 26.0. The van der Waals surface area contributed by atoms with Crippen LogP contribution in [0.3, 0.4) is 0 Å². The first-order valence-electron chi connectivity index (χ1n) is 6.73. The van der Waals surface area contributed by atoms with Gasteiger partial charge in [0.2, 0.25) is 0 Å². The smallest absolute Gasteiger partial charge is 0.113 e. The lowest BCUT2D eigenvalue weighted by atomic mass is 9.93. The molecule has 3 aromatic carbocycles. The van der Waals surface area contributed by atoms with Gasteiger partial charge in [-0.1, -0.05) is 66.1 Å². The summed E-state index contributed by atoms with van der Waals surface area (Å²) in [5, 5.41) is 8.82. The van der Waals surface area contributed by atoms with Crippen LogP contribution >= 0.6 is 0 Å². The minimum absolute atomic E-state index is 0.678. The van der Waals surface area contributed by atoms with E-state index in [-0.39, 0.29) is 0 Å². The van der Waals surface area contributed by atoms with Crippen LogP contribution in [0.1, 0.15) is 5.56 Å². The maximum atomic E-state index is 8.82. The van der Waals surface area contributed by atoms with Gasteiger partial charge in [0.05, 0.1) is 11.6 Å². The largest absolute Gasteiger partial charge is 0.192 e. The molecule has 0 aliphatic rings. The van der Waals surface area contributed by atoms with Gasteiger partial charge < -0.3 is 0 Å². The Morgan fingerprint density at radius 1 is 0.571 bits per heavy atom. The van der Waals surface area contributed by atoms with Crippen molar-refractivity contribution in [3.63, 3.8) is 0 Å². The van der Waals surface area contributed by atoms with Gasteiger partial charge in [-0.3, -0.25) is 0 Å². The fraction of sp³-hybridized carbons (Fsp3) is 0. The Balaban J connectivity index is 1.89. The molecule has 0 saturated heterocycles. The zero-order valence-electron chi connectivity index (χ0n) is 11.5. The van der Waals surface area contributed by atoms with Crippen molar-refractivity contribution in [3.8, 4) is 28.3 Å². The molecule has 21 heavy (non-hydrogen) atoms. The molecule has 0 bridgehead atoms. The maximum Gasteiger partial charge on any atom is 0.113 e. The molecule has 0 unspecified atom stereocenters. The molecular formula is C19H12BN. The fourth-order valence-corrected chi connectivity index (χ4v) is 2.27. The summed E-state index contributed by atoms with van der Waals surface area (Å²) < 4.78 is 0. The predicted molar refractivity (Wildman–Crippen MR) is 87.4 cm³/mol. The van der Waals surface area contributed by atoms with Crippen LogP contribution in [0.5, 0.6) is 0 Å². The van der Waals surface area contributed by atoms with Gasteiger partial charge in [0.25, 0.3) is 0 Å². The highest BCUT2D eigenvalue weighted by atomic mass is 14.2. The molecule has 0 saturated carbocycles. The van der Waals surface area contributed by atoms with E-state index in [1.807, 2.05) is 48.5 Å². The molecule has 0 aliphatic carbocycles. The van der Waals surface area contributed by atoms with Gasteiger partial charge in [-0.25, -0.2) is 0 Å². The fourth-order valence-electron chi connectivity index (χ4n) is 2.27. The van der Waals surface area contributed by atoms with Crippen LogP contribution < -0.4 is 5.46 Å². The minimum atomic E-state index is 0.678. The average molecular weight is 265 g/mol. The molecule has 1 nitrogen and oxygen atoms in total. The van der Waals surface area contributed by atoms with E-state index in [9.17, 15) is 0 Å². The Labute approximate surface area is 125 Å². The highest BCUT2D eigenvalue weighted by Gasteiger charge is 2.00. The van der Waals surface area contributed by atoms with Gasteiger partial charge in [-0.05, 0) is 34.4 Å². The van der Waals surface area contributed by atoms with Crippen LogP contribution in [0.15, 0.2) is 72.8 Å². The van der Waals surface area contributed by atoms with E-state index < -0.39 is 0 Å². The third-order valence-electron chi connectivity index (χ3n) is 3.48. The molecule has 96 valence electrons. The molecule has 0 atom stereocenters. The van der Waals surface area contributed by atoms with E-state index in [2.05, 4.69) is 30.3 Å². The summed E-state index contributed by atoms with van der Waals surface area (Å²) in [7, 11) is 5.71. The van der Waals surface area contributed by atoms with Crippen molar-refractivity contribution in [2.75, 3.05) is 0 Å². The summed E-state index contributed by atoms with van der Waals surface area (Å²) in [6.45, 7) is 0. The van der Waals surface area contributed by atoms with E-state index in [0.717, 1.165) is 27.7 Å². The summed E-state index contributed by atoms with van der Waals surface area (Å²) in [4.78, 5) is 0. The number of rotatable bonds is 2. The number of hydrogen-bond donors (Lipinski definition) is 0. The lowest BCUT2D eigenvalue weighted by Crippen LogP contribution is -1.99. The van der Waals surface area contributed by atoms with Gasteiger partial charge in [-0.2, -0.15) is 5.26 Å². The lowest BCUT2D eigenvalue weighted by molar-refractivity contribution is 1.48. The van der Waals surface area contributed by atoms with Crippen molar-refractivity contribution in [2.45, 2.75) is 0 Å². The van der Waals surface area contributed by atoms with Crippen molar-refractivity contribution in [3.05, 3.63) is 78.4 Å². The maximum absolute atomic E-state index is 8.82. The number of benzene rings is 3. The number of nitrogens with zero attached hydrogens (tertiary/aromatic N) is 1. The third-order valence-corrected chi connectivity index (χ3v) is 3.48. The van der Waals surface area contributed by atoms with Gasteiger partial charge in [0, 0.05) is 0 Å². The first-order chi connectivity index (χ1) is 10.3. The summed E-state index contributed by atoms with van der Waals surface area (Å²) in [6.07, 6.45) is 0. The second-order valence-electron chi connectivity index (χ2n) is 4.89. The molecule has 0 amide bonds. The molecule has 2 heteroatoms. The summed E-state index contributed by atoms with van der Waals surface area (Å²) in [5.41, 5.74) is 6.00. The van der Waals surface area contributed by atoms with Gasteiger partial charge in [0.1, 0.15) is 7.85 Å². The van der Waals surface area contributed by atoms with E-state index in [4.69, 9.17) is 13.1 Å². The SMILES string of the molecule is [B]c1ccc(-c2ccc(-c3ccc(C#N)cc3)cc2)cc1. The molecule has 2 radical (unpaired) electrons. The van der Waals surface area contributed by atoms with E-state index in [0.29, 0.717) is 5.56 Å². The van der Waals surface area contributed by atoms with Crippen LogP contribution in [0.25, 0.3) is 22.3 Å². The number of nitriles is 1. The molecule has 0 heterocycles. The van der Waals surface area contributed by atoms with Crippen molar-refractivity contribution >= 4 is 13.3 Å². The first kappa shape index (κ1) is 13.2. The summed E-state index contributed by atoms with van der Waals surface area (Å²) in [5.74, 6) is 0. The Hall–Kier alpha value is -2.79. The predicted octanol–water partition coefficient (Wildman–Crippen LogP) is 3.69. The lowest BCUT2D eigenvalue weighted by Gasteiger charge is -2.05. The molecule has 0 fully saturated rings. The van der Waals surface area contributed by atoms with E-state index in [1.165, 1.54) is 0 Å². The van der Waals surface area contributed by atoms with Gasteiger partial charge in [-0.15, -0.1) is 0 Å². The topological polar surface area (TPSA) is 23.8 Å². The molecular weight excluding hydrogens is 253 g/mol. The van der Waals surface area contributed by atoms with Crippen molar-refractivity contribution in [1.82, 2.24) is 0 Å². The average Bonchev–Trinajstić information content (AvgIpc) is 2.56. The van der Waals surface area contributed by atoms with Crippen LogP contribution in [-0.4, -0.2) is 7.85 Å². The quantitative estimate of drug-likeness (QED) is 0.648. The third kappa shape index (κ3) is 2.88. The van der Waals surface area contributed by atoms with Gasteiger partial charge in [0.15, 0.2) is 0 Å². The van der Waals surface area contributed by atoms with E-state index in [1.54, 1.807) is 0 Å². The normalized spacial score (nSPS) is 10.0. The standard InChI is InChI=1S/C19H12BN/c20-19-11-9-18(10-12-19)17-7-5-16(6-8-17)15-3-1-14(13-21)2-4-15/h1-12H. The van der Waals surface area contributed by atoms with Crippen LogP contribution in [-0.2, 0) is 0 Å². The highest BCUT2D eigenvalue weighted by molar-refractivity contribution is 6.32. The Morgan fingerprint density at radius 2 is 0.905 bits per heavy atom. The minimum Gasteiger partial charge on any atom is -0.192 e. The molecule has 0 N–H and O–H groups in total. The van der Waals surface area contributed by atoms with Crippen LogP contribution in [0, 0.1) is 11.3 Å². The molecule has 0 aliphatic heterocycles. The van der Waals surface area contributed by atoms with Crippen LogP contribution in [0.4, 0.5) is 0 Å². The van der Waals surface area contributed by atoms with Crippen molar-refractivity contribution < 1.29 is 0 Å². The van der Waals surface area contributed by atoms with Gasteiger partial charge >= 0.3 is 0 Å². The monoisotopic (exact) mass is 265 g/mol. The Kier molecular flexibility index (Phi) is 3.58. The molecule has 3 aromatic rings. The molecule has 0 aromatic heterocycles. The second-order valence-corrected chi connectivity index (χ2v) is 4.89. The number of hydrogen-bond acceptors (Lipinski definition) is 1. The Bertz CT molecular complexity index is 779. The van der Waals surface area contributed by atoms with Crippen LogP contribution in [0.2, 0.25) is 0 Å².